The minimum Gasteiger partial charge on any atom is -0.497 e. The van der Waals surface area contributed by atoms with Crippen molar-refractivity contribution in [2.45, 2.75) is 19.9 Å². The molecule has 2 N–H and O–H groups in total. The van der Waals surface area contributed by atoms with Gasteiger partial charge in [-0.2, -0.15) is 4.98 Å². The number of allylic oxidation sites excluding steroid dienone is 1. The number of nitrogens with one attached hydrogen (secondary N) is 2. The molecule has 0 unspecified atom stereocenters. The Morgan fingerprint density at radius 3 is 2.62 bits per heavy atom. The summed E-state index contributed by atoms with van der Waals surface area (Å²) in [6, 6.07) is 18.8. The number of aryl methyl sites for hydroxylation is 1. The number of hydrogen-bond acceptors (Lipinski definition) is 6. The first-order valence-electron chi connectivity index (χ1n) is 10.9. The molecule has 34 heavy (non-hydrogen) atoms. The molecule has 0 bridgehead atoms. The van der Waals surface area contributed by atoms with E-state index in [1.807, 2.05) is 56.3 Å². The third kappa shape index (κ3) is 4.01. The highest BCUT2D eigenvalue weighted by molar-refractivity contribution is 6.05. The number of aromatic nitrogens is 4. The van der Waals surface area contributed by atoms with Gasteiger partial charge in [-0.1, -0.05) is 29.8 Å². The van der Waals surface area contributed by atoms with Gasteiger partial charge in [0.15, 0.2) is 5.82 Å². The molecule has 1 atom stereocenters. The Morgan fingerprint density at radius 2 is 1.91 bits per heavy atom. The maximum absolute atomic E-state index is 13.5. The highest BCUT2D eigenvalue weighted by Gasteiger charge is 2.34. The molecule has 170 valence electrons. The molecule has 1 aliphatic rings. The number of rotatable bonds is 5. The number of methoxy groups -OCH3 is 1. The Hall–Kier alpha value is -4.46. The average Bonchev–Trinajstić information content (AvgIpc) is 3.27. The van der Waals surface area contributed by atoms with Crippen molar-refractivity contribution in [3.63, 3.8) is 0 Å². The molecule has 0 aliphatic carbocycles. The molecule has 5 rings (SSSR count). The van der Waals surface area contributed by atoms with Crippen LogP contribution < -0.4 is 15.4 Å². The van der Waals surface area contributed by atoms with Crippen molar-refractivity contribution >= 4 is 17.5 Å². The molecule has 2 aromatic heterocycles. The third-order valence-corrected chi connectivity index (χ3v) is 5.72. The van der Waals surface area contributed by atoms with Gasteiger partial charge in [0, 0.05) is 17.5 Å². The van der Waals surface area contributed by atoms with Crippen molar-refractivity contribution in [3.05, 3.63) is 95.5 Å². The summed E-state index contributed by atoms with van der Waals surface area (Å²) in [6.45, 7) is 3.91. The van der Waals surface area contributed by atoms with Gasteiger partial charge in [0.2, 0.25) is 5.95 Å². The Morgan fingerprint density at radius 1 is 1.09 bits per heavy atom. The lowest BCUT2D eigenvalue weighted by molar-refractivity contribution is -0.113. The van der Waals surface area contributed by atoms with Gasteiger partial charge in [0.05, 0.1) is 24.6 Å². The summed E-state index contributed by atoms with van der Waals surface area (Å²) in [5, 5.41) is 11.0. The first-order chi connectivity index (χ1) is 16.5. The number of benzene rings is 2. The maximum Gasteiger partial charge on any atom is 0.255 e. The van der Waals surface area contributed by atoms with Crippen molar-refractivity contribution in [2.75, 3.05) is 17.7 Å². The summed E-state index contributed by atoms with van der Waals surface area (Å²) in [7, 11) is 1.63. The predicted octanol–water partition coefficient (Wildman–Crippen LogP) is 4.58. The largest absolute Gasteiger partial charge is 0.497 e. The molecule has 1 aliphatic heterocycles. The van der Waals surface area contributed by atoms with E-state index in [1.54, 1.807) is 36.3 Å². The van der Waals surface area contributed by atoms with Gasteiger partial charge in [-0.3, -0.25) is 9.78 Å². The highest BCUT2D eigenvalue weighted by atomic mass is 16.5. The van der Waals surface area contributed by atoms with Crippen molar-refractivity contribution < 1.29 is 9.53 Å². The van der Waals surface area contributed by atoms with E-state index in [9.17, 15) is 4.79 Å². The molecular formula is C26H24N6O2. The van der Waals surface area contributed by atoms with Crippen molar-refractivity contribution in [2.24, 2.45) is 0 Å². The van der Waals surface area contributed by atoms with Gasteiger partial charge >= 0.3 is 0 Å². The van der Waals surface area contributed by atoms with Crippen LogP contribution in [0.15, 0.2) is 84.3 Å². The van der Waals surface area contributed by atoms with Crippen LogP contribution in [0, 0.1) is 6.92 Å². The summed E-state index contributed by atoms with van der Waals surface area (Å²) in [5.74, 6) is 1.67. The zero-order chi connectivity index (χ0) is 23.7. The molecule has 3 heterocycles. The average molecular weight is 453 g/mol. The van der Waals surface area contributed by atoms with E-state index >= 15 is 0 Å². The summed E-state index contributed by atoms with van der Waals surface area (Å²) in [4.78, 5) is 22.3. The number of anilines is 2. The molecule has 1 amide bonds. The fourth-order valence-electron chi connectivity index (χ4n) is 4.09. The highest BCUT2D eigenvalue weighted by Crippen LogP contribution is 2.37. The molecule has 0 radical (unpaired) electrons. The number of ether oxygens (including phenoxy) is 1. The second-order valence-electron chi connectivity index (χ2n) is 8.11. The lowest BCUT2D eigenvalue weighted by Crippen LogP contribution is -2.31. The molecule has 0 saturated heterocycles. The Kier molecular flexibility index (Phi) is 5.55. The second kappa shape index (κ2) is 8.82. The van der Waals surface area contributed by atoms with E-state index in [1.165, 1.54) is 0 Å². The fourth-order valence-corrected chi connectivity index (χ4v) is 4.09. The second-order valence-corrected chi connectivity index (χ2v) is 8.11. The minimum absolute atomic E-state index is 0.225. The Bertz CT molecular complexity index is 1380. The van der Waals surface area contributed by atoms with Crippen LogP contribution in [0.3, 0.4) is 0 Å². The lowest BCUT2D eigenvalue weighted by Gasteiger charge is -2.28. The zero-order valence-corrected chi connectivity index (χ0v) is 19.1. The smallest absolute Gasteiger partial charge is 0.255 e. The third-order valence-electron chi connectivity index (χ3n) is 5.72. The Labute approximate surface area is 197 Å². The summed E-state index contributed by atoms with van der Waals surface area (Å²) in [6.07, 6.45) is 3.29. The number of nitrogens with zero attached hydrogens (tertiary/aromatic N) is 4. The molecule has 2 aromatic carbocycles. The molecule has 0 spiro atoms. The predicted molar refractivity (Wildman–Crippen MR) is 131 cm³/mol. The number of carbonyl (C=O) groups is 1. The van der Waals surface area contributed by atoms with E-state index < -0.39 is 6.04 Å². The van der Waals surface area contributed by atoms with Crippen molar-refractivity contribution in [1.29, 1.82) is 0 Å². The molecule has 0 saturated carbocycles. The van der Waals surface area contributed by atoms with Crippen LogP contribution in [0.25, 0.3) is 11.4 Å². The number of hydrogen-bond donors (Lipinski definition) is 2. The van der Waals surface area contributed by atoms with Crippen LogP contribution in [-0.2, 0) is 4.79 Å². The van der Waals surface area contributed by atoms with E-state index in [4.69, 9.17) is 14.8 Å². The van der Waals surface area contributed by atoms with Gasteiger partial charge in [-0.05, 0) is 55.8 Å². The van der Waals surface area contributed by atoms with Crippen molar-refractivity contribution in [3.8, 4) is 17.1 Å². The van der Waals surface area contributed by atoms with Gasteiger partial charge in [-0.15, -0.1) is 5.10 Å². The Balaban J connectivity index is 1.59. The zero-order valence-electron chi connectivity index (χ0n) is 19.1. The van der Waals surface area contributed by atoms with E-state index in [0.717, 1.165) is 22.4 Å². The standard InChI is InChI=1S/C26H24N6O2/c1-16-6-4-7-19(14-16)23-22(25(33)29-20-8-5-13-27-15-20)17(2)28-26-30-24(31-32(23)26)18-9-11-21(34-3)12-10-18/h4-15,23H,1-3H3,(H,29,33)(H,28,30,31)/t23-/m1/s1. The molecule has 8 nitrogen and oxygen atoms in total. The van der Waals surface area contributed by atoms with Gasteiger partial charge in [-0.25, -0.2) is 4.68 Å². The van der Waals surface area contributed by atoms with Crippen LogP contribution in [0.2, 0.25) is 0 Å². The lowest BCUT2D eigenvalue weighted by atomic mass is 9.94. The first-order valence-corrected chi connectivity index (χ1v) is 10.9. The van der Waals surface area contributed by atoms with E-state index in [-0.39, 0.29) is 5.91 Å². The molecular weight excluding hydrogens is 428 g/mol. The summed E-state index contributed by atoms with van der Waals surface area (Å²) >= 11 is 0. The summed E-state index contributed by atoms with van der Waals surface area (Å²) < 4.78 is 7.04. The first kappa shape index (κ1) is 21.4. The van der Waals surface area contributed by atoms with Crippen LogP contribution in [0.5, 0.6) is 5.75 Å². The summed E-state index contributed by atoms with van der Waals surface area (Å²) in [5.41, 5.74) is 4.80. The number of fused-ring (bicyclic) bond motifs is 1. The van der Waals surface area contributed by atoms with Gasteiger partial charge in [0.25, 0.3) is 5.91 Å². The number of amides is 1. The number of pyridine rings is 1. The van der Waals surface area contributed by atoms with E-state index in [2.05, 4.69) is 21.7 Å². The van der Waals surface area contributed by atoms with Crippen LogP contribution in [0.4, 0.5) is 11.6 Å². The molecule has 0 fully saturated rings. The van der Waals surface area contributed by atoms with Gasteiger partial charge in [0.1, 0.15) is 11.8 Å². The normalized spacial score (nSPS) is 14.9. The minimum atomic E-state index is -0.452. The molecule has 4 aromatic rings. The van der Waals surface area contributed by atoms with Crippen molar-refractivity contribution in [1.82, 2.24) is 19.7 Å². The maximum atomic E-state index is 13.5. The number of carbonyl (C=O) groups excluding carboxylic acids is 1. The molecule has 8 heteroatoms. The van der Waals surface area contributed by atoms with Crippen LogP contribution >= 0.6 is 0 Å². The topological polar surface area (TPSA) is 94.0 Å². The van der Waals surface area contributed by atoms with Gasteiger partial charge < -0.3 is 15.4 Å². The quantitative estimate of drug-likeness (QED) is 0.460. The van der Waals surface area contributed by atoms with E-state index in [0.29, 0.717) is 28.7 Å². The van der Waals surface area contributed by atoms with Crippen LogP contribution in [0.1, 0.15) is 24.1 Å². The SMILES string of the molecule is COc1ccc(-c2nc3n(n2)[C@H](c2cccc(C)c2)C(C(=O)Nc2cccnc2)=C(C)N3)cc1. The van der Waals surface area contributed by atoms with Crippen LogP contribution in [-0.4, -0.2) is 32.8 Å². The monoisotopic (exact) mass is 452 g/mol. The fraction of sp³-hybridized carbons (Fsp3) is 0.154.